The fourth-order valence-electron chi connectivity index (χ4n) is 4.30. The Labute approximate surface area is 204 Å². The van der Waals surface area contributed by atoms with Crippen molar-refractivity contribution in [1.82, 2.24) is 14.8 Å². The largest absolute Gasteiger partial charge is 0.378 e. The minimum atomic E-state index is -0.0645. The maximum atomic E-state index is 12.7. The molecule has 3 heterocycles. The van der Waals surface area contributed by atoms with Gasteiger partial charge in [0.2, 0.25) is 11.9 Å². The SMILES string of the molecule is Cc1ccc(-n2c(SCC(=O)Nc3ccc(N4CCOCC4)cc3)nnc2N2CCCC2)cc1. The highest BCUT2D eigenvalue weighted by atomic mass is 32.2. The summed E-state index contributed by atoms with van der Waals surface area (Å²) in [4.78, 5) is 17.3. The molecule has 9 heteroatoms. The van der Waals surface area contributed by atoms with Gasteiger partial charge in [0, 0.05) is 37.6 Å². The zero-order valence-corrected chi connectivity index (χ0v) is 20.3. The lowest BCUT2D eigenvalue weighted by atomic mass is 10.2. The highest BCUT2D eigenvalue weighted by molar-refractivity contribution is 7.99. The quantitative estimate of drug-likeness (QED) is 0.519. The van der Waals surface area contributed by atoms with Gasteiger partial charge in [-0.3, -0.25) is 9.36 Å². The molecule has 0 unspecified atom stereocenters. The standard InChI is InChI=1S/C25H30N6O2S/c1-19-4-8-22(9-5-19)31-24(30-12-2-3-13-30)27-28-25(31)34-18-23(32)26-20-6-10-21(11-7-20)29-14-16-33-17-15-29/h4-11H,2-3,12-18H2,1H3,(H,26,32). The van der Waals surface area contributed by atoms with Crippen molar-refractivity contribution in [1.29, 1.82) is 0 Å². The summed E-state index contributed by atoms with van der Waals surface area (Å²) in [7, 11) is 0. The number of hydrogen-bond donors (Lipinski definition) is 1. The predicted molar refractivity (Wildman–Crippen MR) is 136 cm³/mol. The lowest BCUT2D eigenvalue weighted by Crippen LogP contribution is -2.36. The number of nitrogens with zero attached hydrogens (tertiary/aromatic N) is 5. The number of carbonyl (C=O) groups excluding carboxylic acids is 1. The van der Waals surface area contributed by atoms with Gasteiger partial charge in [0.1, 0.15) is 0 Å². The van der Waals surface area contributed by atoms with E-state index in [1.807, 2.05) is 24.3 Å². The van der Waals surface area contributed by atoms with Crippen LogP contribution in [0.3, 0.4) is 0 Å². The molecule has 2 saturated heterocycles. The molecule has 178 valence electrons. The van der Waals surface area contributed by atoms with E-state index in [0.717, 1.165) is 80.4 Å². The first-order valence-electron chi connectivity index (χ1n) is 11.8. The van der Waals surface area contributed by atoms with Gasteiger partial charge in [0.05, 0.1) is 24.7 Å². The molecule has 2 aromatic carbocycles. The third kappa shape index (κ3) is 5.20. The fraction of sp³-hybridized carbons (Fsp3) is 0.400. The average molecular weight is 479 g/mol. The Kier molecular flexibility index (Phi) is 7.01. The van der Waals surface area contributed by atoms with Crippen molar-refractivity contribution in [2.75, 3.05) is 60.3 Å². The Balaban J connectivity index is 1.25. The third-order valence-electron chi connectivity index (χ3n) is 6.16. The van der Waals surface area contributed by atoms with Crippen LogP contribution in [-0.2, 0) is 9.53 Å². The molecule has 5 rings (SSSR count). The summed E-state index contributed by atoms with van der Waals surface area (Å²) in [6.07, 6.45) is 2.33. The van der Waals surface area contributed by atoms with Crippen molar-refractivity contribution in [2.45, 2.75) is 24.9 Å². The summed E-state index contributed by atoms with van der Waals surface area (Å²) in [6.45, 7) is 7.33. The number of thioether (sulfide) groups is 1. The van der Waals surface area contributed by atoms with E-state index in [1.54, 1.807) is 0 Å². The number of amides is 1. The van der Waals surface area contributed by atoms with E-state index in [4.69, 9.17) is 4.74 Å². The van der Waals surface area contributed by atoms with Gasteiger partial charge < -0.3 is 19.9 Å². The second kappa shape index (κ2) is 10.5. The lowest BCUT2D eigenvalue weighted by molar-refractivity contribution is -0.113. The van der Waals surface area contributed by atoms with Crippen LogP contribution in [0.2, 0.25) is 0 Å². The molecular formula is C25H30N6O2S. The molecule has 3 aromatic rings. The molecule has 2 aliphatic rings. The van der Waals surface area contributed by atoms with Gasteiger partial charge in [0.25, 0.3) is 0 Å². The molecule has 0 spiro atoms. The normalized spacial score (nSPS) is 16.1. The zero-order valence-electron chi connectivity index (χ0n) is 19.4. The van der Waals surface area contributed by atoms with Crippen LogP contribution in [0.4, 0.5) is 17.3 Å². The minimum Gasteiger partial charge on any atom is -0.378 e. The summed E-state index contributed by atoms with van der Waals surface area (Å²) in [5.74, 6) is 1.04. The third-order valence-corrected chi connectivity index (χ3v) is 7.09. The van der Waals surface area contributed by atoms with Crippen LogP contribution >= 0.6 is 11.8 Å². The van der Waals surface area contributed by atoms with E-state index in [9.17, 15) is 4.79 Å². The van der Waals surface area contributed by atoms with Gasteiger partial charge in [0.15, 0.2) is 5.16 Å². The summed E-state index contributed by atoms with van der Waals surface area (Å²) in [5, 5.41) is 12.7. The highest BCUT2D eigenvalue weighted by Crippen LogP contribution is 2.29. The van der Waals surface area contributed by atoms with E-state index in [0.29, 0.717) is 0 Å². The molecule has 0 saturated carbocycles. The number of carbonyl (C=O) groups is 1. The van der Waals surface area contributed by atoms with Crippen LogP contribution in [0, 0.1) is 6.92 Å². The van der Waals surface area contributed by atoms with Gasteiger partial charge in [-0.25, -0.2) is 0 Å². The van der Waals surface area contributed by atoms with Crippen molar-refractivity contribution >= 4 is 35.0 Å². The van der Waals surface area contributed by atoms with Crippen molar-refractivity contribution in [3.8, 4) is 5.69 Å². The van der Waals surface area contributed by atoms with E-state index in [-0.39, 0.29) is 11.7 Å². The van der Waals surface area contributed by atoms with E-state index in [2.05, 4.69) is 61.1 Å². The maximum absolute atomic E-state index is 12.7. The van der Waals surface area contributed by atoms with Gasteiger partial charge in [-0.1, -0.05) is 29.5 Å². The minimum absolute atomic E-state index is 0.0645. The monoisotopic (exact) mass is 478 g/mol. The first-order valence-corrected chi connectivity index (χ1v) is 12.8. The average Bonchev–Trinajstić information content (AvgIpc) is 3.54. The van der Waals surface area contributed by atoms with Gasteiger partial charge in [-0.2, -0.15) is 0 Å². The van der Waals surface area contributed by atoms with Crippen molar-refractivity contribution in [2.24, 2.45) is 0 Å². The first kappa shape index (κ1) is 22.7. The Morgan fingerprint density at radius 2 is 1.59 bits per heavy atom. The number of hydrogen-bond acceptors (Lipinski definition) is 7. The number of benzene rings is 2. The number of aryl methyl sites for hydroxylation is 1. The van der Waals surface area contributed by atoms with Gasteiger partial charge >= 0.3 is 0 Å². The smallest absolute Gasteiger partial charge is 0.234 e. The van der Waals surface area contributed by atoms with E-state index >= 15 is 0 Å². The van der Waals surface area contributed by atoms with Crippen LogP contribution in [0.5, 0.6) is 0 Å². The molecule has 1 N–H and O–H groups in total. The van der Waals surface area contributed by atoms with Crippen LogP contribution in [-0.4, -0.2) is 65.8 Å². The molecule has 8 nitrogen and oxygen atoms in total. The number of rotatable bonds is 7. The lowest BCUT2D eigenvalue weighted by Gasteiger charge is -2.28. The number of nitrogens with one attached hydrogen (secondary N) is 1. The molecule has 2 aliphatic heterocycles. The molecule has 1 aromatic heterocycles. The van der Waals surface area contributed by atoms with E-state index in [1.165, 1.54) is 17.3 Å². The molecule has 0 radical (unpaired) electrons. The second-order valence-corrected chi connectivity index (χ2v) is 9.57. The number of morpholine rings is 1. The maximum Gasteiger partial charge on any atom is 0.234 e. The summed E-state index contributed by atoms with van der Waals surface area (Å²) in [5.41, 5.74) is 4.16. The molecule has 2 fully saturated rings. The molecule has 1 amide bonds. The summed E-state index contributed by atoms with van der Waals surface area (Å²) < 4.78 is 7.49. The predicted octanol–water partition coefficient (Wildman–Crippen LogP) is 3.74. The summed E-state index contributed by atoms with van der Waals surface area (Å²) >= 11 is 1.41. The van der Waals surface area contributed by atoms with Crippen molar-refractivity contribution in [3.63, 3.8) is 0 Å². The molecule has 0 atom stereocenters. The highest BCUT2D eigenvalue weighted by Gasteiger charge is 2.23. The molecular weight excluding hydrogens is 448 g/mol. The molecule has 0 bridgehead atoms. The Morgan fingerprint density at radius 3 is 2.29 bits per heavy atom. The van der Waals surface area contributed by atoms with Crippen molar-refractivity contribution in [3.05, 3.63) is 54.1 Å². The number of aromatic nitrogens is 3. The molecule has 34 heavy (non-hydrogen) atoms. The van der Waals surface area contributed by atoms with Gasteiger partial charge in [-0.05, 0) is 56.2 Å². The Hall–Kier alpha value is -3.04. The molecule has 0 aliphatic carbocycles. The second-order valence-electron chi connectivity index (χ2n) is 8.63. The van der Waals surface area contributed by atoms with Gasteiger partial charge in [-0.15, -0.1) is 10.2 Å². The zero-order chi connectivity index (χ0) is 23.3. The van der Waals surface area contributed by atoms with Crippen molar-refractivity contribution < 1.29 is 9.53 Å². The fourth-order valence-corrected chi connectivity index (χ4v) is 5.05. The number of anilines is 3. The Morgan fingerprint density at radius 1 is 0.912 bits per heavy atom. The van der Waals surface area contributed by atoms with Crippen LogP contribution in [0.1, 0.15) is 18.4 Å². The summed E-state index contributed by atoms with van der Waals surface area (Å²) in [6, 6.07) is 16.3. The van der Waals surface area contributed by atoms with Crippen LogP contribution in [0.25, 0.3) is 5.69 Å². The first-order chi connectivity index (χ1) is 16.7. The van der Waals surface area contributed by atoms with Crippen LogP contribution < -0.4 is 15.1 Å². The van der Waals surface area contributed by atoms with E-state index < -0.39 is 0 Å². The topological polar surface area (TPSA) is 75.5 Å². The number of ether oxygens (including phenoxy) is 1. The Bertz CT molecular complexity index is 1100. The van der Waals surface area contributed by atoms with Crippen LogP contribution in [0.15, 0.2) is 53.7 Å².